The fourth-order valence-corrected chi connectivity index (χ4v) is 1.70. The standard InChI is InChI=1S/C10H15F3N2O3/c1-2-6-3-7(6)14-9(18)15(4-8(16)17)5-10(11,12)13/h6-7H,2-5H2,1H3,(H,14,18)(H,16,17). The van der Waals surface area contributed by atoms with Gasteiger partial charge < -0.3 is 15.3 Å². The lowest BCUT2D eigenvalue weighted by atomic mass is 10.3. The number of carbonyl (C=O) groups is 2. The Labute approximate surface area is 102 Å². The normalized spacial score (nSPS) is 22.4. The molecule has 0 aromatic rings. The van der Waals surface area contributed by atoms with Crippen molar-refractivity contribution in [2.24, 2.45) is 5.92 Å². The summed E-state index contributed by atoms with van der Waals surface area (Å²) in [6.07, 6.45) is -3.04. The monoisotopic (exact) mass is 268 g/mol. The molecule has 1 rings (SSSR count). The first-order chi connectivity index (χ1) is 8.23. The highest BCUT2D eigenvalue weighted by Gasteiger charge is 2.39. The molecule has 18 heavy (non-hydrogen) atoms. The van der Waals surface area contributed by atoms with Crippen LogP contribution in [0, 0.1) is 5.92 Å². The van der Waals surface area contributed by atoms with Crippen molar-refractivity contribution in [2.45, 2.75) is 32.0 Å². The maximum Gasteiger partial charge on any atom is 0.406 e. The van der Waals surface area contributed by atoms with Gasteiger partial charge in [-0.05, 0) is 12.3 Å². The first-order valence-corrected chi connectivity index (χ1v) is 5.57. The highest BCUT2D eigenvalue weighted by molar-refractivity contribution is 5.80. The molecule has 0 aliphatic heterocycles. The highest BCUT2D eigenvalue weighted by atomic mass is 19.4. The third kappa shape index (κ3) is 4.80. The van der Waals surface area contributed by atoms with E-state index >= 15 is 0 Å². The van der Waals surface area contributed by atoms with E-state index in [4.69, 9.17) is 5.11 Å². The number of carboxylic acid groups (broad SMARTS) is 1. The van der Waals surface area contributed by atoms with Crippen LogP contribution in [-0.4, -0.2) is 47.3 Å². The van der Waals surface area contributed by atoms with Gasteiger partial charge >= 0.3 is 18.2 Å². The van der Waals surface area contributed by atoms with Gasteiger partial charge in [-0.3, -0.25) is 4.79 Å². The molecule has 1 aliphatic rings. The van der Waals surface area contributed by atoms with Crippen molar-refractivity contribution in [3.05, 3.63) is 0 Å². The van der Waals surface area contributed by atoms with E-state index in [-0.39, 0.29) is 16.9 Å². The Morgan fingerprint density at radius 2 is 2.06 bits per heavy atom. The van der Waals surface area contributed by atoms with Crippen molar-refractivity contribution in [2.75, 3.05) is 13.1 Å². The van der Waals surface area contributed by atoms with Crippen LogP contribution in [0.5, 0.6) is 0 Å². The Bertz CT molecular complexity index is 333. The Kier molecular flexibility index (Phi) is 4.42. The van der Waals surface area contributed by atoms with Gasteiger partial charge in [0, 0.05) is 6.04 Å². The van der Waals surface area contributed by atoms with Crippen molar-refractivity contribution in [3.8, 4) is 0 Å². The van der Waals surface area contributed by atoms with Crippen LogP contribution in [0.25, 0.3) is 0 Å². The van der Waals surface area contributed by atoms with Gasteiger partial charge in [0.15, 0.2) is 0 Å². The van der Waals surface area contributed by atoms with E-state index in [1.165, 1.54) is 0 Å². The summed E-state index contributed by atoms with van der Waals surface area (Å²) in [5.41, 5.74) is 0. The zero-order valence-electron chi connectivity index (χ0n) is 9.83. The second-order valence-corrected chi connectivity index (χ2v) is 4.32. The topological polar surface area (TPSA) is 69.6 Å². The maximum atomic E-state index is 12.2. The van der Waals surface area contributed by atoms with Crippen molar-refractivity contribution >= 4 is 12.0 Å². The number of hydrogen-bond acceptors (Lipinski definition) is 2. The average Bonchev–Trinajstić information content (AvgIpc) is 2.92. The molecule has 0 aromatic heterocycles. The predicted molar refractivity (Wildman–Crippen MR) is 56.0 cm³/mol. The molecular formula is C10H15F3N2O3. The second-order valence-electron chi connectivity index (χ2n) is 4.32. The van der Waals surface area contributed by atoms with Crippen molar-refractivity contribution in [1.29, 1.82) is 0 Å². The number of carbonyl (C=O) groups excluding carboxylic acids is 1. The molecule has 0 aromatic carbocycles. The number of rotatable bonds is 5. The maximum absolute atomic E-state index is 12.2. The Balaban J connectivity index is 2.53. The molecular weight excluding hydrogens is 253 g/mol. The number of urea groups is 1. The first-order valence-electron chi connectivity index (χ1n) is 5.57. The molecule has 1 fully saturated rings. The number of hydrogen-bond donors (Lipinski definition) is 2. The summed E-state index contributed by atoms with van der Waals surface area (Å²) in [5.74, 6) is -1.19. The lowest BCUT2D eigenvalue weighted by molar-refractivity contribution is -0.149. The molecule has 1 saturated carbocycles. The second kappa shape index (κ2) is 5.45. The summed E-state index contributed by atoms with van der Waals surface area (Å²) < 4.78 is 36.6. The van der Waals surface area contributed by atoms with E-state index in [1.807, 2.05) is 6.92 Å². The lowest BCUT2D eigenvalue weighted by Crippen LogP contribution is -2.47. The summed E-state index contributed by atoms with van der Waals surface area (Å²) in [6, 6.07) is -1.11. The van der Waals surface area contributed by atoms with Crippen LogP contribution in [0.2, 0.25) is 0 Å². The van der Waals surface area contributed by atoms with Crippen LogP contribution in [-0.2, 0) is 4.79 Å². The molecule has 0 saturated heterocycles. The summed E-state index contributed by atoms with van der Waals surface area (Å²) in [6.45, 7) is -0.606. The molecule has 0 radical (unpaired) electrons. The average molecular weight is 268 g/mol. The van der Waals surface area contributed by atoms with Gasteiger partial charge in [-0.15, -0.1) is 0 Å². The van der Waals surface area contributed by atoms with Crippen LogP contribution in [0.3, 0.4) is 0 Å². The van der Waals surface area contributed by atoms with E-state index in [2.05, 4.69) is 5.32 Å². The van der Waals surface area contributed by atoms with Gasteiger partial charge in [0.05, 0.1) is 0 Å². The number of nitrogens with zero attached hydrogens (tertiary/aromatic N) is 1. The number of nitrogens with one attached hydrogen (secondary N) is 1. The number of alkyl halides is 3. The number of halogens is 3. The van der Waals surface area contributed by atoms with Crippen LogP contribution in [0.15, 0.2) is 0 Å². The Morgan fingerprint density at radius 3 is 2.44 bits per heavy atom. The fraction of sp³-hybridized carbons (Fsp3) is 0.800. The van der Waals surface area contributed by atoms with E-state index in [9.17, 15) is 22.8 Å². The molecule has 2 N–H and O–H groups in total. The Morgan fingerprint density at radius 1 is 1.44 bits per heavy atom. The molecule has 1 aliphatic carbocycles. The van der Waals surface area contributed by atoms with Gasteiger partial charge in [-0.25, -0.2) is 4.79 Å². The summed E-state index contributed by atoms with van der Waals surface area (Å²) >= 11 is 0. The van der Waals surface area contributed by atoms with Gasteiger partial charge in [-0.1, -0.05) is 13.3 Å². The zero-order valence-corrected chi connectivity index (χ0v) is 9.83. The highest BCUT2D eigenvalue weighted by Crippen LogP contribution is 2.33. The first kappa shape index (κ1) is 14.6. The molecule has 5 nitrogen and oxygen atoms in total. The van der Waals surface area contributed by atoms with Crippen molar-refractivity contribution in [1.82, 2.24) is 10.2 Å². The van der Waals surface area contributed by atoms with Gasteiger partial charge in [0.25, 0.3) is 0 Å². The van der Waals surface area contributed by atoms with Crippen molar-refractivity contribution in [3.63, 3.8) is 0 Å². The molecule has 0 spiro atoms. The van der Waals surface area contributed by atoms with Gasteiger partial charge in [0.1, 0.15) is 13.1 Å². The minimum Gasteiger partial charge on any atom is -0.480 e. The minimum absolute atomic E-state index is 0.132. The Hall–Kier alpha value is -1.47. The largest absolute Gasteiger partial charge is 0.480 e. The number of amides is 2. The van der Waals surface area contributed by atoms with Gasteiger partial charge in [0.2, 0.25) is 0 Å². The van der Waals surface area contributed by atoms with Crippen LogP contribution in [0.1, 0.15) is 19.8 Å². The molecule has 2 unspecified atom stereocenters. The summed E-state index contributed by atoms with van der Waals surface area (Å²) in [5, 5.41) is 10.9. The third-order valence-electron chi connectivity index (χ3n) is 2.74. The lowest BCUT2D eigenvalue weighted by Gasteiger charge is -2.22. The van der Waals surface area contributed by atoms with Crippen molar-refractivity contribution < 1.29 is 27.9 Å². The van der Waals surface area contributed by atoms with Crippen LogP contribution < -0.4 is 5.32 Å². The third-order valence-corrected chi connectivity index (χ3v) is 2.74. The fourth-order valence-electron chi connectivity index (χ4n) is 1.70. The molecule has 8 heteroatoms. The molecule has 0 heterocycles. The van der Waals surface area contributed by atoms with E-state index in [1.54, 1.807) is 0 Å². The van der Waals surface area contributed by atoms with Crippen LogP contribution >= 0.6 is 0 Å². The quantitative estimate of drug-likeness (QED) is 0.792. The number of aliphatic carboxylic acids is 1. The molecule has 104 valence electrons. The molecule has 0 bridgehead atoms. The smallest absolute Gasteiger partial charge is 0.406 e. The predicted octanol–water partition coefficient (Wildman–Crippen LogP) is 1.44. The summed E-state index contributed by atoms with van der Waals surface area (Å²) in [7, 11) is 0. The molecule has 2 atom stereocenters. The zero-order chi connectivity index (χ0) is 13.9. The van der Waals surface area contributed by atoms with E-state index in [0.717, 1.165) is 12.8 Å². The SMILES string of the molecule is CCC1CC1NC(=O)N(CC(=O)O)CC(F)(F)F. The number of carboxylic acids is 1. The van der Waals surface area contributed by atoms with Crippen LogP contribution in [0.4, 0.5) is 18.0 Å². The molecule has 2 amide bonds. The van der Waals surface area contributed by atoms with E-state index in [0.29, 0.717) is 0 Å². The summed E-state index contributed by atoms with van der Waals surface area (Å²) in [4.78, 5) is 22.2. The van der Waals surface area contributed by atoms with E-state index < -0.39 is 31.3 Å². The van der Waals surface area contributed by atoms with Gasteiger partial charge in [-0.2, -0.15) is 13.2 Å². The minimum atomic E-state index is -4.61.